The van der Waals surface area contributed by atoms with Gasteiger partial charge in [0.15, 0.2) is 11.7 Å². The number of benzene rings is 2. The van der Waals surface area contributed by atoms with Crippen LogP contribution in [0.1, 0.15) is 0 Å². The third kappa shape index (κ3) is 3.18. The lowest BCUT2D eigenvalue weighted by Gasteiger charge is -2.26. The number of rotatable bonds is 3. The molecule has 1 amide bonds. The minimum Gasteiger partial charge on any atom is -0.482 e. The van der Waals surface area contributed by atoms with Gasteiger partial charge in [-0.1, -0.05) is 11.6 Å². The number of thiazole rings is 1. The molecule has 0 saturated heterocycles. The number of anilines is 3. The highest BCUT2D eigenvalue weighted by Crippen LogP contribution is 2.36. The van der Waals surface area contributed by atoms with Crippen molar-refractivity contribution in [1.29, 1.82) is 0 Å². The molecule has 1 aromatic heterocycles. The highest BCUT2D eigenvalue weighted by atomic mass is 35.5. The molecule has 3 aromatic rings. The molecular formula is C18H14ClN3O2S. The van der Waals surface area contributed by atoms with Crippen molar-refractivity contribution in [2.45, 2.75) is 0 Å². The maximum Gasteiger partial charge on any atom is 0.264 e. The van der Waals surface area contributed by atoms with E-state index in [-0.39, 0.29) is 12.5 Å². The van der Waals surface area contributed by atoms with Crippen LogP contribution < -0.4 is 15.0 Å². The molecule has 25 heavy (non-hydrogen) atoms. The number of amides is 1. The standard InChI is InChI=1S/C18H14ClN3O2S/c1-22-15-8-11(2-7-16(15)24-9-17(22)23)14-10-25-18(21-14)20-13-5-3-12(19)4-6-13/h2-8,10H,9H2,1H3,(H,20,21). The molecule has 4 rings (SSSR count). The molecule has 1 N–H and O–H groups in total. The van der Waals surface area contributed by atoms with E-state index >= 15 is 0 Å². The van der Waals surface area contributed by atoms with Gasteiger partial charge in [-0.15, -0.1) is 11.3 Å². The van der Waals surface area contributed by atoms with Gasteiger partial charge in [-0.2, -0.15) is 0 Å². The molecule has 5 nitrogen and oxygen atoms in total. The number of nitrogens with zero attached hydrogens (tertiary/aromatic N) is 2. The fourth-order valence-corrected chi connectivity index (χ4v) is 3.42. The number of carbonyl (C=O) groups excluding carboxylic acids is 1. The minimum absolute atomic E-state index is 0.0620. The van der Waals surface area contributed by atoms with E-state index in [9.17, 15) is 4.79 Å². The zero-order valence-electron chi connectivity index (χ0n) is 13.3. The molecular weight excluding hydrogens is 358 g/mol. The second-order valence-electron chi connectivity index (χ2n) is 5.59. The summed E-state index contributed by atoms with van der Waals surface area (Å²) in [4.78, 5) is 18.0. The summed E-state index contributed by atoms with van der Waals surface area (Å²) in [6.45, 7) is 0.0781. The average Bonchev–Trinajstić information content (AvgIpc) is 3.08. The lowest BCUT2D eigenvalue weighted by molar-refractivity contribution is -0.120. The third-order valence-corrected chi connectivity index (χ3v) is 4.95. The number of hydrogen-bond acceptors (Lipinski definition) is 5. The summed E-state index contributed by atoms with van der Waals surface area (Å²) >= 11 is 7.42. The first-order valence-corrected chi connectivity index (χ1v) is 8.88. The van der Waals surface area contributed by atoms with Crippen molar-refractivity contribution in [2.75, 3.05) is 23.9 Å². The molecule has 2 aromatic carbocycles. The molecule has 1 aliphatic rings. The fraction of sp³-hybridized carbons (Fsp3) is 0.111. The van der Waals surface area contributed by atoms with Crippen LogP contribution >= 0.6 is 22.9 Å². The molecule has 0 aliphatic carbocycles. The Morgan fingerprint density at radius 2 is 2.04 bits per heavy atom. The molecule has 0 bridgehead atoms. The topological polar surface area (TPSA) is 54.5 Å². The number of hydrogen-bond donors (Lipinski definition) is 1. The Morgan fingerprint density at radius 1 is 1.24 bits per heavy atom. The zero-order chi connectivity index (χ0) is 17.4. The van der Waals surface area contributed by atoms with Crippen LogP contribution in [0.25, 0.3) is 11.3 Å². The van der Waals surface area contributed by atoms with Crippen molar-refractivity contribution in [3.05, 3.63) is 52.9 Å². The number of nitrogens with one attached hydrogen (secondary N) is 1. The van der Waals surface area contributed by atoms with E-state index in [4.69, 9.17) is 16.3 Å². The SMILES string of the molecule is CN1C(=O)COc2ccc(-c3csc(Nc4ccc(Cl)cc4)n3)cc21. The fourth-order valence-electron chi connectivity index (χ4n) is 2.55. The van der Waals surface area contributed by atoms with Crippen LogP contribution in [0.5, 0.6) is 5.75 Å². The van der Waals surface area contributed by atoms with Gasteiger partial charge in [-0.25, -0.2) is 4.98 Å². The van der Waals surface area contributed by atoms with E-state index in [1.165, 1.54) is 11.3 Å². The first-order chi connectivity index (χ1) is 12.1. The summed E-state index contributed by atoms with van der Waals surface area (Å²) in [6.07, 6.45) is 0. The second-order valence-corrected chi connectivity index (χ2v) is 6.89. The summed E-state index contributed by atoms with van der Waals surface area (Å²) in [5.41, 5.74) is 3.46. The zero-order valence-corrected chi connectivity index (χ0v) is 14.9. The van der Waals surface area contributed by atoms with E-state index in [0.29, 0.717) is 10.8 Å². The predicted octanol–water partition coefficient (Wildman–Crippen LogP) is 4.56. The van der Waals surface area contributed by atoms with E-state index in [2.05, 4.69) is 10.3 Å². The Morgan fingerprint density at radius 3 is 2.84 bits per heavy atom. The van der Waals surface area contributed by atoms with Gasteiger partial charge in [-0.3, -0.25) is 4.79 Å². The number of ether oxygens (including phenoxy) is 1. The van der Waals surface area contributed by atoms with Gasteiger partial charge in [0.25, 0.3) is 5.91 Å². The molecule has 7 heteroatoms. The van der Waals surface area contributed by atoms with Crippen molar-refractivity contribution in [3.63, 3.8) is 0 Å². The maximum absolute atomic E-state index is 11.8. The van der Waals surface area contributed by atoms with E-state index in [1.807, 2.05) is 47.8 Å². The number of aromatic nitrogens is 1. The van der Waals surface area contributed by atoms with Crippen LogP contribution in [-0.4, -0.2) is 24.5 Å². The quantitative estimate of drug-likeness (QED) is 0.733. The van der Waals surface area contributed by atoms with Crippen LogP contribution in [0.2, 0.25) is 5.02 Å². The van der Waals surface area contributed by atoms with Gasteiger partial charge in [0.2, 0.25) is 0 Å². The van der Waals surface area contributed by atoms with Crippen molar-refractivity contribution in [2.24, 2.45) is 0 Å². The molecule has 0 spiro atoms. The minimum atomic E-state index is -0.0620. The first-order valence-electron chi connectivity index (χ1n) is 7.62. The van der Waals surface area contributed by atoms with Crippen molar-refractivity contribution in [3.8, 4) is 17.0 Å². The van der Waals surface area contributed by atoms with Crippen molar-refractivity contribution < 1.29 is 9.53 Å². The lowest BCUT2D eigenvalue weighted by atomic mass is 10.1. The highest BCUT2D eigenvalue weighted by molar-refractivity contribution is 7.14. The molecule has 1 aliphatic heterocycles. The average molecular weight is 372 g/mol. The highest BCUT2D eigenvalue weighted by Gasteiger charge is 2.22. The number of fused-ring (bicyclic) bond motifs is 1. The van der Waals surface area contributed by atoms with Gasteiger partial charge < -0.3 is 15.0 Å². The van der Waals surface area contributed by atoms with Crippen LogP contribution in [0.15, 0.2) is 47.8 Å². The Labute approximate surface area is 153 Å². The molecule has 2 heterocycles. The van der Waals surface area contributed by atoms with Crippen LogP contribution in [0, 0.1) is 0 Å². The smallest absolute Gasteiger partial charge is 0.264 e. The first kappa shape index (κ1) is 15.9. The second kappa shape index (κ2) is 6.38. The van der Waals surface area contributed by atoms with E-state index in [0.717, 1.165) is 27.8 Å². The largest absolute Gasteiger partial charge is 0.482 e. The van der Waals surface area contributed by atoms with Gasteiger partial charge in [-0.05, 0) is 42.5 Å². The third-order valence-electron chi connectivity index (χ3n) is 3.94. The van der Waals surface area contributed by atoms with Gasteiger partial charge in [0.05, 0.1) is 11.4 Å². The molecule has 0 unspecified atom stereocenters. The van der Waals surface area contributed by atoms with Gasteiger partial charge in [0, 0.05) is 28.7 Å². The molecule has 0 radical (unpaired) electrons. The Bertz CT molecular complexity index is 940. The summed E-state index contributed by atoms with van der Waals surface area (Å²) in [7, 11) is 1.75. The van der Waals surface area contributed by atoms with E-state index < -0.39 is 0 Å². The van der Waals surface area contributed by atoms with E-state index in [1.54, 1.807) is 11.9 Å². The van der Waals surface area contributed by atoms with Crippen LogP contribution in [0.4, 0.5) is 16.5 Å². The Kier molecular flexibility index (Phi) is 4.07. The summed E-state index contributed by atoms with van der Waals surface area (Å²) in [5, 5.41) is 6.72. The molecule has 126 valence electrons. The molecule has 0 fully saturated rings. The van der Waals surface area contributed by atoms with Crippen molar-refractivity contribution >= 4 is 45.4 Å². The summed E-state index contributed by atoms with van der Waals surface area (Å²) in [6, 6.07) is 13.2. The number of likely N-dealkylation sites (N-methyl/N-ethyl adjacent to an activating group) is 1. The van der Waals surface area contributed by atoms with Crippen LogP contribution in [0.3, 0.4) is 0 Å². The van der Waals surface area contributed by atoms with Gasteiger partial charge >= 0.3 is 0 Å². The van der Waals surface area contributed by atoms with Crippen molar-refractivity contribution in [1.82, 2.24) is 4.98 Å². The molecule has 0 saturated carbocycles. The monoisotopic (exact) mass is 371 g/mol. The normalized spacial score (nSPS) is 13.4. The molecule has 0 atom stereocenters. The summed E-state index contributed by atoms with van der Waals surface area (Å²) < 4.78 is 5.46. The maximum atomic E-state index is 11.8. The predicted molar refractivity (Wildman–Crippen MR) is 101 cm³/mol. The Hall–Kier alpha value is -2.57. The van der Waals surface area contributed by atoms with Crippen LogP contribution in [-0.2, 0) is 4.79 Å². The summed E-state index contributed by atoms with van der Waals surface area (Å²) in [5.74, 6) is 0.647. The Balaban J connectivity index is 1.60. The number of carbonyl (C=O) groups is 1. The lowest BCUT2D eigenvalue weighted by Crippen LogP contribution is -2.35. The van der Waals surface area contributed by atoms with Gasteiger partial charge in [0.1, 0.15) is 5.75 Å². The number of halogens is 1.